The first-order chi connectivity index (χ1) is 8.16. The molecule has 0 aliphatic rings. The Morgan fingerprint density at radius 1 is 1.06 bits per heavy atom. The topological polar surface area (TPSA) is 43.1 Å². The molecule has 0 atom stereocenters. The predicted molar refractivity (Wildman–Crippen MR) is 67.1 cm³/mol. The van der Waals surface area contributed by atoms with Crippen molar-refractivity contribution >= 4 is 5.69 Å². The van der Waals surface area contributed by atoms with Crippen LogP contribution in [-0.2, 0) is 6.42 Å². The number of nitro benzene ring substituents is 1. The van der Waals surface area contributed by atoms with Gasteiger partial charge in [0.15, 0.2) is 0 Å². The standard InChI is InChI=1S/C14H13NO2/c1-11-9-13(7-8-14(11)15(16)17)10-12-5-3-2-4-6-12/h2-9H,10H2,1H3. The van der Waals surface area contributed by atoms with Gasteiger partial charge in [0.05, 0.1) is 4.92 Å². The van der Waals surface area contributed by atoms with Crippen molar-refractivity contribution in [3.8, 4) is 0 Å². The summed E-state index contributed by atoms with van der Waals surface area (Å²) in [6, 6.07) is 15.3. The first-order valence-electron chi connectivity index (χ1n) is 5.44. The van der Waals surface area contributed by atoms with Gasteiger partial charge in [-0.15, -0.1) is 0 Å². The highest BCUT2D eigenvalue weighted by Gasteiger charge is 2.09. The Morgan fingerprint density at radius 3 is 2.35 bits per heavy atom. The molecule has 0 N–H and O–H groups in total. The summed E-state index contributed by atoms with van der Waals surface area (Å²) in [4.78, 5) is 10.4. The molecule has 0 bridgehead atoms. The van der Waals surface area contributed by atoms with E-state index < -0.39 is 0 Å². The summed E-state index contributed by atoms with van der Waals surface area (Å²) in [6.45, 7) is 1.77. The molecule has 0 radical (unpaired) electrons. The van der Waals surface area contributed by atoms with E-state index in [0.29, 0.717) is 5.56 Å². The van der Waals surface area contributed by atoms with Crippen LogP contribution in [0.4, 0.5) is 5.69 Å². The summed E-state index contributed by atoms with van der Waals surface area (Å²) in [6.07, 6.45) is 0.805. The number of hydrogen-bond donors (Lipinski definition) is 0. The third kappa shape index (κ3) is 2.69. The second kappa shape index (κ2) is 4.78. The van der Waals surface area contributed by atoms with Crippen molar-refractivity contribution in [2.45, 2.75) is 13.3 Å². The van der Waals surface area contributed by atoms with E-state index in [4.69, 9.17) is 0 Å². The zero-order chi connectivity index (χ0) is 12.3. The highest BCUT2D eigenvalue weighted by molar-refractivity contribution is 5.43. The quantitative estimate of drug-likeness (QED) is 0.595. The van der Waals surface area contributed by atoms with E-state index in [1.807, 2.05) is 30.3 Å². The van der Waals surface area contributed by atoms with Gasteiger partial charge in [-0.25, -0.2) is 0 Å². The van der Waals surface area contributed by atoms with E-state index in [1.54, 1.807) is 13.0 Å². The Kier molecular flexibility index (Phi) is 3.19. The van der Waals surface area contributed by atoms with Crippen LogP contribution in [0, 0.1) is 17.0 Å². The van der Waals surface area contributed by atoms with E-state index in [0.717, 1.165) is 12.0 Å². The molecule has 2 rings (SSSR count). The van der Waals surface area contributed by atoms with Crippen LogP contribution in [0.2, 0.25) is 0 Å². The predicted octanol–water partition coefficient (Wildman–Crippen LogP) is 3.49. The molecule has 0 saturated carbocycles. The third-order valence-corrected chi connectivity index (χ3v) is 2.71. The average molecular weight is 227 g/mol. The van der Waals surface area contributed by atoms with Crippen LogP contribution in [0.1, 0.15) is 16.7 Å². The van der Waals surface area contributed by atoms with Gasteiger partial charge in [-0.1, -0.05) is 36.4 Å². The van der Waals surface area contributed by atoms with Gasteiger partial charge in [-0.2, -0.15) is 0 Å². The molecule has 0 aliphatic heterocycles. The van der Waals surface area contributed by atoms with Crippen LogP contribution in [0.3, 0.4) is 0 Å². The van der Waals surface area contributed by atoms with E-state index in [9.17, 15) is 10.1 Å². The summed E-state index contributed by atoms with van der Waals surface area (Å²) < 4.78 is 0. The molecule has 86 valence electrons. The van der Waals surface area contributed by atoms with E-state index >= 15 is 0 Å². The normalized spacial score (nSPS) is 10.2. The highest BCUT2D eigenvalue weighted by atomic mass is 16.6. The molecule has 0 aliphatic carbocycles. The van der Waals surface area contributed by atoms with Crippen molar-refractivity contribution in [2.24, 2.45) is 0 Å². The number of aryl methyl sites for hydroxylation is 1. The smallest absolute Gasteiger partial charge is 0.258 e. The molecule has 3 heteroatoms. The largest absolute Gasteiger partial charge is 0.272 e. The lowest BCUT2D eigenvalue weighted by molar-refractivity contribution is -0.385. The second-order valence-electron chi connectivity index (χ2n) is 4.04. The lowest BCUT2D eigenvalue weighted by atomic mass is 10.0. The molecule has 3 nitrogen and oxygen atoms in total. The molecule has 0 aromatic heterocycles. The molecule has 17 heavy (non-hydrogen) atoms. The molecular weight excluding hydrogens is 214 g/mol. The Labute approximate surface area is 99.9 Å². The minimum atomic E-state index is -0.346. The molecule has 0 saturated heterocycles. The van der Waals surface area contributed by atoms with Gasteiger partial charge in [-0.3, -0.25) is 10.1 Å². The van der Waals surface area contributed by atoms with Crippen LogP contribution in [0.25, 0.3) is 0 Å². The third-order valence-electron chi connectivity index (χ3n) is 2.71. The maximum atomic E-state index is 10.7. The number of nitrogens with zero attached hydrogens (tertiary/aromatic N) is 1. The van der Waals surface area contributed by atoms with Crippen LogP contribution < -0.4 is 0 Å². The first kappa shape index (κ1) is 11.3. The fourth-order valence-electron chi connectivity index (χ4n) is 1.86. The highest BCUT2D eigenvalue weighted by Crippen LogP contribution is 2.20. The summed E-state index contributed by atoms with van der Waals surface area (Å²) in [5.74, 6) is 0. The van der Waals surface area contributed by atoms with Crippen molar-refractivity contribution in [3.63, 3.8) is 0 Å². The van der Waals surface area contributed by atoms with Crippen LogP contribution in [0.15, 0.2) is 48.5 Å². The molecule has 0 amide bonds. The van der Waals surface area contributed by atoms with Gasteiger partial charge >= 0.3 is 0 Å². The van der Waals surface area contributed by atoms with E-state index in [1.165, 1.54) is 5.56 Å². The number of rotatable bonds is 3. The van der Waals surface area contributed by atoms with E-state index in [-0.39, 0.29) is 10.6 Å². The lowest BCUT2D eigenvalue weighted by Crippen LogP contribution is -1.94. The molecule has 0 fully saturated rings. The summed E-state index contributed by atoms with van der Waals surface area (Å²) in [7, 11) is 0. The minimum Gasteiger partial charge on any atom is -0.258 e. The van der Waals surface area contributed by atoms with Crippen molar-refractivity contribution in [3.05, 3.63) is 75.3 Å². The zero-order valence-corrected chi connectivity index (χ0v) is 9.59. The Balaban J connectivity index is 2.24. The van der Waals surface area contributed by atoms with Gasteiger partial charge in [-0.05, 0) is 30.5 Å². The van der Waals surface area contributed by atoms with Gasteiger partial charge < -0.3 is 0 Å². The Hall–Kier alpha value is -2.16. The maximum absolute atomic E-state index is 10.7. The van der Waals surface area contributed by atoms with Crippen LogP contribution in [0.5, 0.6) is 0 Å². The molecule has 2 aromatic rings. The van der Waals surface area contributed by atoms with Crippen molar-refractivity contribution in [2.75, 3.05) is 0 Å². The van der Waals surface area contributed by atoms with Gasteiger partial charge in [0.25, 0.3) is 5.69 Å². The second-order valence-corrected chi connectivity index (χ2v) is 4.04. The number of hydrogen-bond acceptors (Lipinski definition) is 2. The van der Waals surface area contributed by atoms with Gasteiger partial charge in [0, 0.05) is 11.6 Å². The van der Waals surface area contributed by atoms with Crippen LogP contribution >= 0.6 is 0 Å². The summed E-state index contributed by atoms with van der Waals surface area (Å²) in [5.41, 5.74) is 3.20. The zero-order valence-electron chi connectivity index (χ0n) is 9.59. The fourth-order valence-corrected chi connectivity index (χ4v) is 1.86. The lowest BCUT2D eigenvalue weighted by Gasteiger charge is -2.03. The fraction of sp³-hybridized carbons (Fsp3) is 0.143. The monoisotopic (exact) mass is 227 g/mol. The van der Waals surface area contributed by atoms with E-state index in [2.05, 4.69) is 12.1 Å². The average Bonchev–Trinajstić information content (AvgIpc) is 2.30. The van der Waals surface area contributed by atoms with Crippen molar-refractivity contribution in [1.29, 1.82) is 0 Å². The number of benzene rings is 2. The number of nitro groups is 1. The summed E-state index contributed by atoms with van der Waals surface area (Å²) >= 11 is 0. The Morgan fingerprint density at radius 2 is 1.76 bits per heavy atom. The minimum absolute atomic E-state index is 0.182. The Bertz CT molecular complexity index is 535. The van der Waals surface area contributed by atoms with Crippen LogP contribution in [-0.4, -0.2) is 4.92 Å². The van der Waals surface area contributed by atoms with Gasteiger partial charge in [0.1, 0.15) is 0 Å². The van der Waals surface area contributed by atoms with Gasteiger partial charge in [0.2, 0.25) is 0 Å². The first-order valence-corrected chi connectivity index (χ1v) is 5.44. The van der Waals surface area contributed by atoms with Crippen molar-refractivity contribution < 1.29 is 4.92 Å². The SMILES string of the molecule is Cc1cc(Cc2ccccc2)ccc1[N+](=O)[O-]. The maximum Gasteiger partial charge on any atom is 0.272 e. The molecule has 0 unspecified atom stereocenters. The molecule has 2 aromatic carbocycles. The molecule has 0 spiro atoms. The molecule has 0 heterocycles. The summed E-state index contributed by atoms with van der Waals surface area (Å²) in [5, 5.41) is 10.7. The van der Waals surface area contributed by atoms with Crippen molar-refractivity contribution in [1.82, 2.24) is 0 Å². The molecular formula is C14H13NO2.